The van der Waals surface area contributed by atoms with Gasteiger partial charge in [-0.05, 0) is 137 Å². The summed E-state index contributed by atoms with van der Waals surface area (Å²) in [6, 6.07) is 0. The molecule has 0 heterocycles. The molecule has 0 spiro atoms. The molecular weight excluding hydrogens is 438 g/mol. The standard InChI is InChI=1S/C30H51NO4/c1-19(6-11-26(32)31-18-27(33)34)23-9-10-24-22-8-7-21-16-20(17-28(2,3)35)12-14-29(21,4)25(22)13-15-30(23,24)5/h19-25,35H,6-18H2,1-5H3,(H,31,32)(H,33,34)/t19-,20-,21-,22+,23-,24+,25+,29+,30-/m1/s1. The zero-order valence-corrected chi connectivity index (χ0v) is 22.9. The first-order valence-electron chi connectivity index (χ1n) is 14.5. The summed E-state index contributed by atoms with van der Waals surface area (Å²) < 4.78 is 0. The first-order chi connectivity index (χ1) is 16.3. The molecule has 0 saturated heterocycles. The molecule has 4 rings (SSSR count). The lowest BCUT2D eigenvalue weighted by Crippen LogP contribution is -2.54. The van der Waals surface area contributed by atoms with Crippen molar-refractivity contribution < 1.29 is 19.8 Å². The number of carbonyl (C=O) groups excluding carboxylic acids is 1. The van der Waals surface area contributed by atoms with Crippen molar-refractivity contribution >= 4 is 11.9 Å². The molecule has 5 heteroatoms. The van der Waals surface area contributed by atoms with E-state index < -0.39 is 11.6 Å². The Hall–Kier alpha value is -1.10. The number of carboxylic acid groups (broad SMARTS) is 1. The molecule has 0 aromatic heterocycles. The molecule has 5 nitrogen and oxygen atoms in total. The second kappa shape index (κ2) is 9.99. The topological polar surface area (TPSA) is 86.6 Å². The van der Waals surface area contributed by atoms with Crippen LogP contribution in [0.2, 0.25) is 0 Å². The number of nitrogens with one attached hydrogen (secondary N) is 1. The lowest BCUT2D eigenvalue weighted by atomic mass is 9.43. The predicted molar refractivity (Wildman–Crippen MR) is 139 cm³/mol. The number of fused-ring (bicyclic) bond motifs is 5. The number of carboxylic acids is 1. The summed E-state index contributed by atoms with van der Waals surface area (Å²) in [7, 11) is 0. The molecule has 0 aliphatic heterocycles. The van der Waals surface area contributed by atoms with Gasteiger partial charge in [0.2, 0.25) is 5.91 Å². The molecule has 9 atom stereocenters. The van der Waals surface area contributed by atoms with E-state index in [1.54, 1.807) is 0 Å². The Morgan fingerprint density at radius 2 is 1.69 bits per heavy atom. The molecular formula is C30H51NO4. The van der Waals surface area contributed by atoms with E-state index in [0.29, 0.717) is 35.0 Å². The Bertz CT molecular complexity index is 790. The van der Waals surface area contributed by atoms with Gasteiger partial charge < -0.3 is 15.5 Å². The number of aliphatic hydroxyl groups is 1. The highest BCUT2D eigenvalue weighted by molar-refractivity contribution is 5.81. The molecule has 0 aromatic carbocycles. The van der Waals surface area contributed by atoms with Crippen molar-refractivity contribution in [1.82, 2.24) is 5.32 Å². The smallest absolute Gasteiger partial charge is 0.322 e. The van der Waals surface area contributed by atoms with E-state index in [1.165, 1.54) is 57.8 Å². The third-order valence-electron chi connectivity index (χ3n) is 11.6. The highest BCUT2D eigenvalue weighted by atomic mass is 16.4. The highest BCUT2D eigenvalue weighted by Crippen LogP contribution is 2.68. The molecule has 0 bridgehead atoms. The van der Waals surface area contributed by atoms with Crippen molar-refractivity contribution in [1.29, 1.82) is 0 Å². The van der Waals surface area contributed by atoms with Crippen LogP contribution in [0.3, 0.4) is 0 Å². The Labute approximate surface area is 213 Å². The van der Waals surface area contributed by atoms with Gasteiger partial charge in [0.25, 0.3) is 0 Å². The average Bonchev–Trinajstić information content (AvgIpc) is 3.12. The second-order valence-corrected chi connectivity index (χ2v) is 14.2. The molecule has 0 unspecified atom stereocenters. The molecule has 1 amide bonds. The van der Waals surface area contributed by atoms with Crippen LogP contribution in [0.5, 0.6) is 0 Å². The third kappa shape index (κ3) is 5.45. The lowest BCUT2D eigenvalue weighted by Gasteiger charge is -2.61. The zero-order chi connectivity index (χ0) is 25.6. The highest BCUT2D eigenvalue weighted by Gasteiger charge is 2.60. The van der Waals surface area contributed by atoms with Crippen LogP contribution >= 0.6 is 0 Å². The summed E-state index contributed by atoms with van der Waals surface area (Å²) in [5, 5.41) is 21.7. The fraction of sp³-hybridized carbons (Fsp3) is 0.933. The van der Waals surface area contributed by atoms with Crippen molar-refractivity contribution in [2.45, 2.75) is 117 Å². The largest absolute Gasteiger partial charge is 0.480 e. The van der Waals surface area contributed by atoms with E-state index in [0.717, 1.165) is 36.5 Å². The van der Waals surface area contributed by atoms with Gasteiger partial charge in [0, 0.05) is 6.42 Å². The molecule has 4 aliphatic carbocycles. The fourth-order valence-electron chi connectivity index (χ4n) is 10.0. The summed E-state index contributed by atoms with van der Waals surface area (Å²) in [4.78, 5) is 22.8. The first-order valence-corrected chi connectivity index (χ1v) is 14.5. The van der Waals surface area contributed by atoms with E-state index >= 15 is 0 Å². The number of aliphatic carboxylic acids is 1. The normalized spacial score (nSPS) is 41.9. The zero-order valence-electron chi connectivity index (χ0n) is 22.9. The van der Waals surface area contributed by atoms with Crippen LogP contribution in [0.4, 0.5) is 0 Å². The molecule has 200 valence electrons. The Morgan fingerprint density at radius 3 is 2.37 bits per heavy atom. The van der Waals surface area contributed by atoms with Crippen LogP contribution in [0.1, 0.15) is 112 Å². The van der Waals surface area contributed by atoms with Gasteiger partial charge in [-0.1, -0.05) is 20.8 Å². The molecule has 4 aliphatic rings. The third-order valence-corrected chi connectivity index (χ3v) is 11.6. The van der Waals surface area contributed by atoms with Crippen LogP contribution < -0.4 is 5.32 Å². The second-order valence-electron chi connectivity index (χ2n) is 14.2. The Balaban J connectivity index is 1.38. The summed E-state index contributed by atoms with van der Waals surface area (Å²) in [5.74, 6) is 4.11. The van der Waals surface area contributed by atoms with Crippen molar-refractivity contribution in [3.05, 3.63) is 0 Å². The van der Waals surface area contributed by atoms with Crippen LogP contribution in [-0.2, 0) is 9.59 Å². The molecule has 4 fully saturated rings. The Kier molecular flexibility index (Phi) is 7.69. The van der Waals surface area contributed by atoms with Crippen LogP contribution in [-0.4, -0.2) is 34.2 Å². The minimum atomic E-state index is -0.983. The van der Waals surface area contributed by atoms with Gasteiger partial charge in [-0.2, -0.15) is 0 Å². The summed E-state index contributed by atoms with van der Waals surface area (Å²) >= 11 is 0. The summed E-state index contributed by atoms with van der Waals surface area (Å²) in [5.41, 5.74) is 0.320. The summed E-state index contributed by atoms with van der Waals surface area (Å²) in [6.45, 7) is 11.2. The minimum Gasteiger partial charge on any atom is -0.480 e. The van der Waals surface area contributed by atoms with E-state index in [2.05, 4.69) is 26.1 Å². The van der Waals surface area contributed by atoms with E-state index in [4.69, 9.17) is 5.11 Å². The first kappa shape index (κ1) is 26.9. The quantitative estimate of drug-likeness (QED) is 0.388. The van der Waals surface area contributed by atoms with Gasteiger partial charge in [-0.3, -0.25) is 9.59 Å². The average molecular weight is 490 g/mol. The van der Waals surface area contributed by atoms with Crippen LogP contribution in [0.25, 0.3) is 0 Å². The van der Waals surface area contributed by atoms with Crippen LogP contribution in [0.15, 0.2) is 0 Å². The van der Waals surface area contributed by atoms with Gasteiger partial charge in [0.15, 0.2) is 0 Å². The number of hydrogen-bond donors (Lipinski definition) is 3. The predicted octanol–water partition coefficient (Wildman–Crippen LogP) is 6.04. The fourth-order valence-corrected chi connectivity index (χ4v) is 10.0. The molecule has 0 aromatic rings. The summed E-state index contributed by atoms with van der Waals surface area (Å²) in [6.07, 6.45) is 14.3. The minimum absolute atomic E-state index is 0.130. The molecule has 4 saturated carbocycles. The van der Waals surface area contributed by atoms with E-state index in [1.807, 2.05) is 13.8 Å². The maximum absolute atomic E-state index is 12.1. The SMILES string of the molecule is C[C@H](CCC(=O)NCC(=O)O)[C@H]1CC[C@H]2[C@@H]3CC[C@@H]4C[C@H](CC(C)(C)O)CC[C@]4(C)[C@H]3CC[C@]12C. The number of rotatable bonds is 8. The number of hydrogen-bond acceptors (Lipinski definition) is 3. The maximum atomic E-state index is 12.1. The lowest BCUT2D eigenvalue weighted by molar-refractivity contribution is -0.138. The number of carbonyl (C=O) groups is 2. The van der Waals surface area contributed by atoms with Crippen molar-refractivity contribution in [3.63, 3.8) is 0 Å². The van der Waals surface area contributed by atoms with Gasteiger partial charge in [0.1, 0.15) is 6.54 Å². The number of amides is 1. The van der Waals surface area contributed by atoms with E-state index in [9.17, 15) is 14.7 Å². The van der Waals surface area contributed by atoms with Gasteiger partial charge in [-0.25, -0.2) is 0 Å². The maximum Gasteiger partial charge on any atom is 0.322 e. The van der Waals surface area contributed by atoms with Crippen molar-refractivity contribution in [2.75, 3.05) is 6.54 Å². The van der Waals surface area contributed by atoms with Gasteiger partial charge in [0.05, 0.1) is 5.60 Å². The monoisotopic (exact) mass is 489 g/mol. The van der Waals surface area contributed by atoms with Gasteiger partial charge >= 0.3 is 5.97 Å². The van der Waals surface area contributed by atoms with Crippen molar-refractivity contribution in [2.24, 2.45) is 52.3 Å². The van der Waals surface area contributed by atoms with Gasteiger partial charge in [-0.15, -0.1) is 0 Å². The van der Waals surface area contributed by atoms with Crippen LogP contribution in [0, 0.1) is 52.3 Å². The molecule has 0 radical (unpaired) electrons. The molecule has 35 heavy (non-hydrogen) atoms. The van der Waals surface area contributed by atoms with E-state index in [-0.39, 0.29) is 12.5 Å². The Morgan fingerprint density at radius 1 is 1.00 bits per heavy atom. The molecule has 3 N–H and O–H groups in total. The van der Waals surface area contributed by atoms with Crippen molar-refractivity contribution in [3.8, 4) is 0 Å².